The van der Waals surface area contributed by atoms with E-state index in [0.717, 1.165) is 5.65 Å². The predicted octanol–water partition coefficient (Wildman–Crippen LogP) is 1.84. The molecule has 3 aromatic rings. The Bertz CT molecular complexity index is 816. The fraction of sp³-hybridized carbons (Fsp3) is 0.200. The number of carbonyl (C=O) groups excluding carboxylic acids is 1. The van der Waals surface area contributed by atoms with E-state index in [2.05, 4.69) is 25.8 Å². The molecule has 0 atom stereocenters. The van der Waals surface area contributed by atoms with Crippen LogP contribution in [-0.2, 0) is 6.54 Å². The van der Waals surface area contributed by atoms with Crippen molar-refractivity contribution in [2.75, 3.05) is 11.9 Å². The third kappa shape index (κ3) is 3.37. The van der Waals surface area contributed by atoms with Gasteiger partial charge in [-0.05, 0) is 31.2 Å². The molecule has 8 heteroatoms. The van der Waals surface area contributed by atoms with Crippen LogP contribution in [0.5, 0.6) is 5.88 Å². The maximum absolute atomic E-state index is 12.0. The van der Waals surface area contributed by atoms with Crippen LogP contribution in [0.15, 0.2) is 42.7 Å². The summed E-state index contributed by atoms with van der Waals surface area (Å²) in [6.45, 7) is 2.58. The van der Waals surface area contributed by atoms with Crippen molar-refractivity contribution in [3.05, 3.63) is 48.5 Å². The minimum atomic E-state index is -0.369. The Morgan fingerprint density at radius 2 is 2.17 bits per heavy atom. The summed E-state index contributed by atoms with van der Waals surface area (Å²) in [7, 11) is 0. The van der Waals surface area contributed by atoms with Gasteiger partial charge in [-0.25, -0.2) is 9.78 Å². The van der Waals surface area contributed by atoms with Crippen molar-refractivity contribution < 1.29 is 9.53 Å². The Morgan fingerprint density at radius 3 is 3.04 bits per heavy atom. The molecule has 2 amide bonds. The second-order valence-electron chi connectivity index (χ2n) is 4.64. The third-order valence-electron chi connectivity index (χ3n) is 3.09. The van der Waals surface area contributed by atoms with E-state index in [4.69, 9.17) is 4.74 Å². The molecule has 0 aromatic carbocycles. The van der Waals surface area contributed by atoms with E-state index in [1.165, 1.54) is 0 Å². The first-order chi connectivity index (χ1) is 11.3. The molecule has 0 saturated heterocycles. The third-order valence-corrected chi connectivity index (χ3v) is 3.09. The van der Waals surface area contributed by atoms with Crippen LogP contribution in [0.4, 0.5) is 10.5 Å². The maximum Gasteiger partial charge on any atom is 0.319 e. The lowest BCUT2D eigenvalue weighted by atomic mass is 10.4. The van der Waals surface area contributed by atoms with E-state index < -0.39 is 0 Å². The van der Waals surface area contributed by atoms with Gasteiger partial charge < -0.3 is 15.4 Å². The van der Waals surface area contributed by atoms with Crippen LogP contribution in [0.2, 0.25) is 0 Å². The van der Waals surface area contributed by atoms with Crippen LogP contribution >= 0.6 is 0 Å². The van der Waals surface area contributed by atoms with E-state index in [-0.39, 0.29) is 12.6 Å². The Kier molecular flexibility index (Phi) is 4.32. The van der Waals surface area contributed by atoms with Crippen molar-refractivity contribution in [2.45, 2.75) is 13.5 Å². The molecular formula is C15H16N6O2. The number of carbonyl (C=O) groups is 1. The minimum absolute atomic E-state index is 0.251. The second-order valence-corrected chi connectivity index (χ2v) is 4.64. The number of anilines is 1. The number of pyridine rings is 2. The van der Waals surface area contributed by atoms with Crippen molar-refractivity contribution in [2.24, 2.45) is 0 Å². The molecule has 0 aliphatic heterocycles. The van der Waals surface area contributed by atoms with Gasteiger partial charge >= 0.3 is 6.03 Å². The molecule has 8 nitrogen and oxygen atoms in total. The zero-order valence-corrected chi connectivity index (χ0v) is 12.6. The van der Waals surface area contributed by atoms with E-state index >= 15 is 0 Å². The monoisotopic (exact) mass is 312 g/mol. The van der Waals surface area contributed by atoms with Gasteiger partial charge in [0.05, 0.1) is 13.2 Å². The molecule has 0 fully saturated rings. The molecule has 3 aromatic heterocycles. The summed E-state index contributed by atoms with van der Waals surface area (Å²) in [4.78, 5) is 16.1. The highest BCUT2D eigenvalue weighted by Gasteiger charge is 2.10. The van der Waals surface area contributed by atoms with E-state index in [1.54, 1.807) is 18.3 Å². The summed E-state index contributed by atoms with van der Waals surface area (Å²) >= 11 is 0. The van der Waals surface area contributed by atoms with E-state index in [9.17, 15) is 4.79 Å². The first-order valence-corrected chi connectivity index (χ1v) is 7.19. The number of amides is 2. The highest BCUT2D eigenvalue weighted by molar-refractivity contribution is 5.90. The number of fused-ring (bicyclic) bond motifs is 1. The van der Waals surface area contributed by atoms with Crippen LogP contribution in [0.25, 0.3) is 5.65 Å². The SMILES string of the molecule is CCOc1ncccc1NC(=O)NCc1nnc2ccccn12. The zero-order valence-electron chi connectivity index (χ0n) is 12.6. The highest BCUT2D eigenvalue weighted by Crippen LogP contribution is 2.20. The van der Waals surface area contributed by atoms with Gasteiger partial charge in [0.2, 0.25) is 5.88 Å². The molecule has 3 heterocycles. The van der Waals surface area contributed by atoms with Gasteiger partial charge in [-0.2, -0.15) is 0 Å². The summed E-state index contributed by atoms with van der Waals surface area (Å²) in [5.74, 6) is 1.03. The average molecular weight is 312 g/mol. The van der Waals surface area contributed by atoms with Crippen LogP contribution in [0.3, 0.4) is 0 Å². The van der Waals surface area contributed by atoms with Crippen molar-refractivity contribution in [3.8, 4) is 5.88 Å². The first-order valence-electron chi connectivity index (χ1n) is 7.19. The van der Waals surface area contributed by atoms with Gasteiger partial charge in [0, 0.05) is 12.4 Å². The van der Waals surface area contributed by atoms with Crippen LogP contribution in [-0.4, -0.2) is 32.2 Å². The highest BCUT2D eigenvalue weighted by atomic mass is 16.5. The number of urea groups is 1. The predicted molar refractivity (Wildman–Crippen MR) is 84.3 cm³/mol. The maximum atomic E-state index is 12.0. The summed E-state index contributed by atoms with van der Waals surface area (Å²) < 4.78 is 7.18. The first kappa shape index (κ1) is 14.8. The molecule has 0 aliphatic rings. The van der Waals surface area contributed by atoms with Crippen molar-refractivity contribution in [1.82, 2.24) is 24.9 Å². The fourth-order valence-electron chi connectivity index (χ4n) is 2.08. The van der Waals surface area contributed by atoms with Crippen LogP contribution in [0, 0.1) is 0 Å². The molecular weight excluding hydrogens is 296 g/mol. The quantitative estimate of drug-likeness (QED) is 0.750. The number of ether oxygens (including phenoxy) is 1. The van der Waals surface area contributed by atoms with Gasteiger partial charge in [-0.1, -0.05) is 6.07 Å². The van der Waals surface area contributed by atoms with Gasteiger partial charge in [-0.15, -0.1) is 10.2 Å². The second kappa shape index (κ2) is 6.73. The summed E-state index contributed by atoms with van der Waals surface area (Å²) in [5, 5.41) is 13.5. The number of rotatable bonds is 5. The summed E-state index contributed by atoms with van der Waals surface area (Å²) in [6, 6.07) is 8.69. The standard InChI is InChI=1S/C15H16N6O2/c1-2-23-14-11(6-5-8-16-14)18-15(22)17-10-13-20-19-12-7-3-4-9-21(12)13/h3-9H,2,10H2,1H3,(H2,17,18,22). The Balaban J connectivity index is 1.64. The molecule has 0 spiro atoms. The molecule has 0 radical (unpaired) electrons. The fourth-order valence-corrected chi connectivity index (χ4v) is 2.08. The largest absolute Gasteiger partial charge is 0.476 e. The Morgan fingerprint density at radius 1 is 1.26 bits per heavy atom. The van der Waals surface area contributed by atoms with Crippen LogP contribution in [0.1, 0.15) is 12.7 Å². The van der Waals surface area contributed by atoms with Crippen molar-refractivity contribution >= 4 is 17.4 Å². The molecule has 23 heavy (non-hydrogen) atoms. The normalized spacial score (nSPS) is 10.5. The number of aromatic nitrogens is 4. The van der Waals surface area contributed by atoms with Gasteiger partial charge in [-0.3, -0.25) is 4.40 Å². The smallest absolute Gasteiger partial charge is 0.319 e. The molecule has 3 rings (SSSR count). The lowest BCUT2D eigenvalue weighted by molar-refractivity contribution is 0.251. The number of hydrogen-bond acceptors (Lipinski definition) is 5. The lowest BCUT2D eigenvalue weighted by Crippen LogP contribution is -2.29. The lowest BCUT2D eigenvalue weighted by Gasteiger charge is -2.10. The Hall–Kier alpha value is -3.16. The van der Waals surface area contributed by atoms with Gasteiger partial charge in [0.25, 0.3) is 0 Å². The van der Waals surface area contributed by atoms with Gasteiger partial charge in [0.15, 0.2) is 11.5 Å². The van der Waals surface area contributed by atoms with Gasteiger partial charge in [0.1, 0.15) is 5.69 Å². The van der Waals surface area contributed by atoms with Crippen molar-refractivity contribution in [3.63, 3.8) is 0 Å². The average Bonchev–Trinajstić information content (AvgIpc) is 2.98. The summed E-state index contributed by atoms with van der Waals surface area (Å²) in [5.41, 5.74) is 1.24. The molecule has 2 N–H and O–H groups in total. The molecule has 0 bridgehead atoms. The molecule has 0 unspecified atom stereocenters. The number of nitrogens with one attached hydrogen (secondary N) is 2. The topological polar surface area (TPSA) is 93.4 Å². The molecule has 118 valence electrons. The minimum Gasteiger partial charge on any atom is -0.476 e. The zero-order chi connectivity index (χ0) is 16.1. The summed E-state index contributed by atoms with van der Waals surface area (Å²) in [6.07, 6.45) is 3.45. The van der Waals surface area contributed by atoms with E-state index in [0.29, 0.717) is 24.0 Å². The number of nitrogens with zero attached hydrogens (tertiary/aromatic N) is 4. The number of hydrogen-bond donors (Lipinski definition) is 2. The molecule has 0 aliphatic carbocycles. The van der Waals surface area contributed by atoms with Crippen LogP contribution < -0.4 is 15.4 Å². The molecule has 0 saturated carbocycles. The van der Waals surface area contributed by atoms with Crippen molar-refractivity contribution in [1.29, 1.82) is 0 Å². The van der Waals surface area contributed by atoms with E-state index in [1.807, 2.05) is 35.7 Å². The Labute approximate surface area is 132 Å².